The van der Waals surface area contributed by atoms with Crippen LogP contribution >= 0.6 is 12.2 Å². The van der Waals surface area contributed by atoms with Gasteiger partial charge in [-0.2, -0.15) is 0 Å². The molecule has 1 aromatic carbocycles. The first-order valence-electron chi connectivity index (χ1n) is 2.98. The van der Waals surface area contributed by atoms with Crippen LogP contribution in [0.5, 0.6) is 0 Å². The summed E-state index contributed by atoms with van der Waals surface area (Å²) in [5.41, 5.74) is 2.20. The van der Waals surface area contributed by atoms with Gasteiger partial charge in [-0.15, -0.1) is 4.20 Å². The van der Waals surface area contributed by atoms with Crippen molar-refractivity contribution in [1.82, 2.24) is 0 Å². The van der Waals surface area contributed by atoms with Crippen LogP contribution in [0.1, 0.15) is 11.1 Å². The minimum atomic E-state index is 0. The fourth-order valence-electron chi connectivity index (χ4n) is 0.690. The van der Waals surface area contributed by atoms with Crippen molar-refractivity contribution in [3.63, 3.8) is 0 Å². The SMILES string of the molecule is Cc1ccc(C(=S)[S-])cc1.[Cs+]. The molecule has 0 amide bonds. The molecular weight excluding hydrogens is 293 g/mol. The Kier molecular flexibility index (Phi) is 6.98. The Morgan fingerprint density at radius 3 is 2.09 bits per heavy atom. The van der Waals surface area contributed by atoms with Crippen molar-refractivity contribution in [2.75, 3.05) is 0 Å². The molecule has 0 aliphatic heterocycles. The number of thiocarbonyl (C=S) groups is 1. The van der Waals surface area contributed by atoms with Crippen molar-refractivity contribution < 1.29 is 68.9 Å². The van der Waals surface area contributed by atoms with Gasteiger partial charge in [0.15, 0.2) is 0 Å². The summed E-state index contributed by atoms with van der Waals surface area (Å²) in [5.74, 6) is 0. The smallest absolute Gasteiger partial charge is 0.428 e. The van der Waals surface area contributed by atoms with Gasteiger partial charge in [0.25, 0.3) is 0 Å². The van der Waals surface area contributed by atoms with E-state index in [0.717, 1.165) is 5.56 Å². The molecule has 0 aliphatic rings. The van der Waals surface area contributed by atoms with Gasteiger partial charge in [0.2, 0.25) is 0 Å². The van der Waals surface area contributed by atoms with E-state index in [1.807, 2.05) is 31.2 Å². The molecule has 0 aromatic heterocycles. The molecule has 0 radical (unpaired) electrons. The van der Waals surface area contributed by atoms with Crippen LogP contribution in [0.15, 0.2) is 24.3 Å². The summed E-state index contributed by atoms with van der Waals surface area (Å²) >= 11 is 9.64. The second-order valence-corrected chi connectivity index (χ2v) is 3.23. The summed E-state index contributed by atoms with van der Waals surface area (Å²) < 4.78 is 0.542. The van der Waals surface area contributed by atoms with Crippen LogP contribution in [-0.4, -0.2) is 4.20 Å². The minimum Gasteiger partial charge on any atom is -0.428 e. The number of aryl methyl sites for hydroxylation is 1. The maximum Gasteiger partial charge on any atom is 1.00 e. The topological polar surface area (TPSA) is 0 Å². The standard InChI is InChI=1S/C8H8S2.Cs/c1-6-2-4-7(5-3-6)8(9)10;/h2-5H,1H3,(H,9,10);/q;+1/p-1. The summed E-state index contributed by atoms with van der Waals surface area (Å²) in [6.07, 6.45) is 0. The van der Waals surface area contributed by atoms with Gasteiger partial charge in [-0.05, 0) is 12.5 Å². The third-order valence-corrected chi connectivity index (χ3v) is 1.76. The first-order valence-corrected chi connectivity index (χ1v) is 3.80. The second kappa shape index (κ2) is 6.10. The van der Waals surface area contributed by atoms with E-state index in [9.17, 15) is 0 Å². The molecule has 11 heavy (non-hydrogen) atoms. The van der Waals surface area contributed by atoms with Crippen LogP contribution in [0, 0.1) is 6.92 Å². The molecule has 1 aromatic rings. The Labute approximate surface area is 137 Å². The predicted octanol–water partition coefficient (Wildman–Crippen LogP) is -0.779. The Morgan fingerprint density at radius 2 is 1.73 bits per heavy atom. The van der Waals surface area contributed by atoms with Gasteiger partial charge in [0.1, 0.15) is 0 Å². The maximum absolute atomic E-state index is 4.82. The van der Waals surface area contributed by atoms with E-state index in [1.165, 1.54) is 5.56 Å². The summed E-state index contributed by atoms with van der Waals surface area (Å²) in [7, 11) is 0. The Hall–Kier alpha value is 1.58. The van der Waals surface area contributed by atoms with E-state index in [0.29, 0.717) is 4.20 Å². The van der Waals surface area contributed by atoms with Gasteiger partial charge in [0, 0.05) is 0 Å². The number of rotatable bonds is 1. The Balaban J connectivity index is 0.000001000. The van der Waals surface area contributed by atoms with E-state index < -0.39 is 0 Å². The van der Waals surface area contributed by atoms with Gasteiger partial charge < -0.3 is 24.8 Å². The van der Waals surface area contributed by atoms with Crippen molar-refractivity contribution >= 4 is 29.0 Å². The molecule has 0 saturated carbocycles. The van der Waals surface area contributed by atoms with Crippen LogP contribution in [0.2, 0.25) is 0 Å². The average Bonchev–Trinajstić information content (AvgIpc) is 1.88. The molecule has 0 atom stereocenters. The molecule has 1 rings (SSSR count). The monoisotopic (exact) mass is 300 g/mol. The Bertz CT molecular complexity index is 241. The molecule has 0 spiro atoms. The number of benzene rings is 1. The molecule has 0 fully saturated rings. The minimum absolute atomic E-state index is 0. The second-order valence-electron chi connectivity index (χ2n) is 2.15. The molecule has 0 heterocycles. The van der Waals surface area contributed by atoms with Crippen LogP contribution in [0.4, 0.5) is 0 Å². The zero-order valence-corrected chi connectivity index (χ0v) is 14.5. The van der Waals surface area contributed by atoms with Gasteiger partial charge in [-0.1, -0.05) is 29.8 Å². The van der Waals surface area contributed by atoms with Crippen molar-refractivity contribution in [2.45, 2.75) is 6.92 Å². The average molecular weight is 300 g/mol. The van der Waals surface area contributed by atoms with Crippen molar-refractivity contribution in [3.8, 4) is 0 Å². The molecular formula is C8H7CsS2. The molecule has 3 heteroatoms. The largest absolute Gasteiger partial charge is 1.00 e. The van der Waals surface area contributed by atoms with Crippen LogP contribution in [0.3, 0.4) is 0 Å². The first-order chi connectivity index (χ1) is 4.70. The van der Waals surface area contributed by atoms with E-state index >= 15 is 0 Å². The third-order valence-electron chi connectivity index (χ3n) is 1.29. The fraction of sp³-hybridized carbons (Fsp3) is 0.125. The fourth-order valence-corrected chi connectivity index (χ4v) is 0.962. The molecule has 0 saturated heterocycles. The van der Waals surface area contributed by atoms with Crippen molar-refractivity contribution in [1.29, 1.82) is 0 Å². The quantitative estimate of drug-likeness (QED) is 0.493. The van der Waals surface area contributed by atoms with Gasteiger partial charge in [-0.3, -0.25) is 0 Å². The van der Waals surface area contributed by atoms with Crippen LogP contribution in [-0.2, 0) is 12.6 Å². The molecule has 52 valence electrons. The summed E-state index contributed by atoms with van der Waals surface area (Å²) in [6, 6.07) is 7.91. The molecule has 0 N–H and O–H groups in total. The van der Waals surface area contributed by atoms with Crippen LogP contribution in [0.25, 0.3) is 0 Å². The summed E-state index contributed by atoms with van der Waals surface area (Å²) in [5, 5.41) is 0. The summed E-state index contributed by atoms with van der Waals surface area (Å²) in [4.78, 5) is 0. The predicted molar refractivity (Wildman–Crippen MR) is 50.2 cm³/mol. The number of hydrogen-bond acceptors (Lipinski definition) is 2. The molecule has 0 nitrogen and oxygen atoms in total. The maximum atomic E-state index is 4.82. The normalized spacial score (nSPS) is 8.45. The van der Waals surface area contributed by atoms with Gasteiger partial charge >= 0.3 is 68.9 Å². The molecule has 0 unspecified atom stereocenters. The molecule has 0 bridgehead atoms. The van der Waals surface area contributed by atoms with E-state index in [-0.39, 0.29) is 68.9 Å². The summed E-state index contributed by atoms with van der Waals surface area (Å²) in [6.45, 7) is 2.04. The van der Waals surface area contributed by atoms with E-state index in [4.69, 9.17) is 24.8 Å². The zero-order chi connectivity index (χ0) is 7.56. The van der Waals surface area contributed by atoms with Crippen molar-refractivity contribution in [2.24, 2.45) is 0 Å². The zero-order valence-electron chi connectivity index (χ0n) is 6.63. The molecule has 0 aliphatic carbocycles. The van der Waals surface area contributed by atoms with E-state index in [2.05, 4.69) is 0 Å². The van der Waals surface area contributed by atoms with Crippen LogP contribution < -0.4 is 68.9 Å². The van der Waals surface area contributed by atoms with Gasteiger partial charge in [-0.25, -0.2) is 0 Å². The van der Waals surface area contributed by atoms with Gasteiger partial charge in [0.05, 0.1) is 0 Å². The third kappa shape index (κ3) is 4.38. The number of hydrogen-bond donors (Lipinski definition) is 0. The Morgan fingerprint density at radius 1 is 1.27 bits per heavy atom. The van der Waals surface area contributed by atoms with E-state index in [1.54, 1.807) is 0 Å². The van der Waals surface area contributed by atoms with Crippen molar-refractivity contribution in [3.05, 3.63) is 35.4 Å². The first kappa shape index (κ1) is 12.6.